The van der Waals surface area contributed by atoms with E-state index in [0.29, 0.717) is 42.5 Å². The molecule has 0 spiro atoms. The highest BCUT2D eigenvalue weighted by Gasteiger charge is 2.30. The highest BCUT2D eigenvalue weighted by atomic mass is 16.4. The minimum absolute atomic E-state index is 0.0161. The summed E-state index contributed by atoms with van der Waals surface area (Å²) in [6, 6.07) is 0.291. The summed E-state index contributed by atoms with van der Waals surface area (Å²) in [6.45, 7) is 2.28. The fraction of sp³-hybridized carbons (Fsp3) is 0.625. The van der Waals surface area contributed by atoms with E-state index in [4.69, 9.17) is 5.11 Å². The molecule has 2 aliphatic rings. The topological polar surface area (TPSA) is 96.6 Å². The monoisotopic (exact) mass is 318 g/mol. The predicted molar refractivity (Wildman–Crippen MR) is 85.4 cm³/mol. The lowest BCUT2D eigenvalue weighted by molar-refractivity contribution is -0.136. The lowest BCUT2D eigenvalue weighted by Crippen LogP contribution is -2.28. The molecule has 124 valence electrons. The van der Waals surface area contributed by atoms with E-state index in [9.17, 15) is 9.59 Å². The molecule has 0 aromatic carbocycles. The van der Waals surface area contributed by atoms with Gasteiger partial charge in [-0.05, 0) is 25.7 Å². The standard InChI is InChI=1S/C16H22N4O3/c1-2-12-14-15(20(19-12)11-5-3-4-6-11)18-10(7-8-13(21)22)9-17-16(14)23/h11H,2-9H2,1H3,(H,17,23)(H,21,22). The van der Waals surface area contributed by atoms with Crippen LogP contribution in [0.5, 0.6) is 0 Å². The SMILES string of the molecule is CCc1nn(C2CCCC2)c2c1C(=O)NCC(CCC(=O)O)=N2. The first-order chi connectivity index (χ1) is 11.1. The Labute approximate surface area is 134 Å². The number of aromatic nitrogens is 2. The van der Waals surface area contributed by atoms with Gasteiger partial charge in [-0.1, -0.05) is 19.8 Å². The number of nitrogens with zero attached hydrogens (tertiary/aromatic N) is 3. The number of carboxylic acid groups (broad SMARTS) is 1. The van der Waals surface area contributed by atoms with Crippen LogP contribution in [0.15, 0.2) is 4.99 Å². The van der Waals surface area contributed by atoms with Crippen molar-refractivity contribution < 1.29 is 14.7 Å². The number of carboxylic acids is 1. The molecule has 1 amide bonds. The second-order valence-corrected chi connectivity index (χ2v) is 6.14. The third-order valence-electron chi connectivity index (χ3n) is 4.53. The first-order valence-corrected chi connectivity index (χ1v) is 8.28. The zero-order chi connectivity index (χ0) is 16.4. The van der Waals surface area contributed by atoms with Gasteiger partial charge in [0.05, 0.1) is 24.7 Å². The van der Waals surface area contributed by atoms with Crippen molar-refractivity contribution in [2.24, 2.45) is 4.99 Å². The summed E-state index contributed by atoms with van der Waals surface area (Å²) in [7, 11) is 0. The van der Waals surface area contributed by atoms with Crippen molar-refractivity contribution >= 4 is 23.4 Å². The van der Waals surface area contributed by atoms with Crippen LogP contribution in [-0.2, 0) is 11.2 Å². The summed E-state index contributed by atoms with van der Waals surface area (Å²) < 4.78 is 1.91. The van der Waals surface area contributed by atoms with Crippen LogP contribution in [0, 0.1) is 0 Å². The number of aryl methyl sites for hydroxylation is 1. The fourth-order valence-corrected chi connectivity index (χ4v) is 3.32. The van der Waals surface area contributed by atoms with Gasteiger partial charge in [0.25, 0.3) is 5.91 Å². The summed E-state index contributed by atoms with van der Waals surface area (Å²) in [5.41, 5.74) is 2.03. The molecule has 0 atom stereocenters. The average molecular weight is 318 g/mol. The molecular weight excluding hydrogens is 296 g/mol. The maximum absolute atomic E-state index is 12.4. The van der Waals surface area contributed by atoms with Gasteiger partial charge in [-0.15, -0.1) is 0 Å². The van der Waals surface area contributed by atoms with E-state index in [0.717, 1.165) is 18.5 Å². The second-order valence-electron chi connectivity index (χ2n) is 6.14. The zero-order valence-corrected chi connectivity index (χ0v) is 13.3. The van der Waals surface area contributed by atoms with E-state index in [-0.39, 0.29) is 12.3 Å². The van der Waals surface area contributed by atoms with Gasteiger partial charge < -0.3 is 10.4 Å². The number of fused-ring (bicyclic) bond motifs is 1. The molecule has 1 aliphatic heterocycles. The van der Waals surface area contributed by atoms with Gasteiger partial charge in [0.2, 0.25) is 0 Å². The van der Waals surface area contributed by atoms with Crippen molar-refractivity contribution in [2.45, 2.75) is 57.9 Å². The van der Waals surface area contributed by atoms with Crippen molar-refractivity contribution in [1.82, 2.24) is 15.1 Å². The van der Waals surface area contributed by atoms with Crippen LogP contribution >= 0.6 is 0 Å². The molecular formula is C16H22N4O3. The summed E-state index contributed by atoms with van der Waals surface area (Å²) >= 11 is 0. The Morgan fingerprint density at radius 2 is 2.13 bits per heavy atom. The number of rotatable bonds is 5. The quantitative estimate of drug-likeness (QED) is 0.870. The molecule has 0 saturated heterocycles. The molecule has 1 fully saturated rings. The molecule has 2 N–H and O–H groups in total. The maximum atomic E-state index is 12.4. The van der Waals surface area contributed by atoms with Crippen LogP contribution in [0.2, 0.25) is 0 Å². The minimum atomic E-state index is -0.859. The van der Waals surface area contributed by atoms with Crippen LogP contribution in [0.1, 0.15) is 67.5 Å². The summed E-state index contributed by atoms with van der Waals surface area (Å²) in [5, 5.41) is 16.4. The van der Waals surface area contributed by atoms with Gasteiger partial charge in [0, 0.05) is 5.71 Å². The normalized spacial score (nSPS) is 18.3. The molecule has 7 nitrogen and oxygen atoms in total. The maximum Gasteiger partial charge on any atom is 0.303 e. The number of carbonyl (C=O) groups excluding carboxylic acids is 1. The van der Waals surface area contributed by atoms with Crippen LogP contribution in [-0.4, -0.2) is 39.0 Å². The van der Waals surface area contributed by atoms with Crippen molar-refractivity contribution in [3.05, 3.63) is 11.3 Å². The Bertz CT molecular complexity index is 657. The van der Waals surface area contributed by atoms with E-state index < -0.39 is 5.97 Å². The summed E-state index contributed by atoms with van der Waals surface area (Å²) in [6.07, 6.45) is 5.48. The number of nitrogens with one attached hydrogen (secondary N) is 1. The third-order valence-corrected chi connectivity index (χ3v) is 4.53. The van der Waals surface area contributed by atoms with Crippen molar-refractivity contribution in [3.8, 4) is 0 Å². The zero-order valence-electron chi connectivity index (χ0n) is 13.3. The molecule has 1 saturated carbocycles. The third kappa shape index (κ3) is 3.13. The number of amides is 1. The van der Waals surface area contributed by atoms with Crippen LogP contribution in [0.3, 0.4) is 0 Å². The Balaban J connectivity index is 2.02. The number of aliphatic carboxylic acids is 1. The molecule has 23 heavy (non-hydrogen) atoms. The molecule has 0 radical (unpaired) electrons. The molecule has 0 unspecified atom stereocenters. The first kappa shape index (κ1) is 15.7. The molecule has 2 heterocycles. The fourth-order valence-electron chi connectivity index (χ4n) is 3.32. The highest BCUT2D eigenvalue weighted by Crippen LogP contribution is 2.36. The van der Waals surface area contributed by atoms with Crippen molar-refractivity contribution in [2.75, 3.05) is 6.54 Å². The largest absolute Gasteiger partial charge is 0.481 e. The minimum Gasteiger partial charge on any atom is -0.481 e. The number of carbonyl (C=O) groups is 2. The van der Waals surface area contributed by atoms with Gasteiger partial charge in [0.1, 0.15) is 5.56 Å². The Morgan fingerprint density at radius 3 is 2.78 bits per heavy atom. The van der Waals surface area contributed by atoms with Gasteiger partial charge in [-0.2, -0.15) is 5.10 Å². The van der Waals surface area contributed by atoms with Crippen molar-refractivity contribution in [3.63, 3.8) is 0 Å². The number of aliphatic imine (C=N–C) groups is 1. The number of hydrogen-bond acceptors (Lipinski definition) is 4. The molecule has 1 aromatic heterocycles. The van der Waals surface area contributed by atoms with Gasteiger partial charge in [-0.25, -0.2) is 9.67 Å². The lowest BCUT2D eigenvalue weighted by atomic mass is 10.2. The lowest BCUT2D eigenvalue weighted by Gasteiger charge is -2.12. The van der Waals surface area contributed by atoms with Gasteiger partial charge >= 0.3 is 5.97 Å². The molecule has 7 heteroatoms. The van der Waals surface area contributed by atoms with E-state index >= 15 is 0 Å². The molecule has 3 rings (SSSR count). The Hall–Kier alpha value is -2.18. The Morgan fingerprint density at radius 1 is 1.39 bits per heavy atom. The van der Waals surface area contributed by atoms with E-state index in [1.165, 1.54) is 12.8 Å². The van der Waals surface area contributed by atoms with Crippen LogP contribution in [0.4, 0.5) is 5.82 Å². The predicted octanol–water partition coefficient (Wildman–Crippen LogP) is 2.24. The highest BCUT2D eigenvalue weighted by molar-refractivity contribution is 6.05. The summed E-state index contributed by atoms with van der Waals surface area (Å²) in [4.78, 5) is 27.9. The van der Waals surface area contributed by atoms with E-state index in [1.54, 1.807) is 0 Å². The van der Waals surface area contributed by atoms with E-state index in [2.05, 4.69) is 15.4 Å². The molecule has 1 aliphatic carbocycles. The van der Waals surface area contributed by atoms with E-state index in [1.807, 2.05) is 11.6 Å². The smallest absolute Gasteiger partial charge is 0.303 e. The first-order valence-electron chi connectivity index (χ1n) is 8.28. The Kier molecular flexibility index (Phi) is 4.45. The van der Waals surface area contributed by atoms with Gasteiger partial charge in [0.15, 0.2) is 5.82 Å². The molecule has 0 bridgehead atoms. The second kappa shape index (κ2) is 6.52. The van der Waals surface area contributed by atoms with Gasteiger partial charge in [-0.3, -0.25) is 9.59 Å². The summed E-state index contributed by atoms with van der Waals surface area (Å²) in [5.74, 6) is -0.402. The van der Waals surface area contributed by atoms with Crippen molar-refractivity contribution in [1.29, 1.82) is 0 Å². The number of hydrogen-bond donors (Lipinski definition) is 2. The van der Waals surface area contributed by atoms with Crippen LogP contribution < -0.4 is 5.32 Å². The van der Waals surface area contributed by atoms with Crippen LogP contribution in [0.25, 0.3) is 0 Å². The molecule has 1 aromatic rings. The average Bonchev–Trinajstić information content (AvgIpc) is 3.13.